The minimum absolute atomic E-state index is 0.533. The lowest BCUT2D eigenvalue weighted by Gasteiger charge is -2.33. The van der Waals surface area contributed by atoms with Crippen LogP contribution in [0, 0.1) is 0 Å². The smallest absolute Gasteiger partial charge is 0.0726 e. The Balaban J connectivity index is 1.16. The van der Waals surface area contributed by atoms with Crippen molar-refractivity contribution in [1.82, 2.24) is 0 Å². The van der Waals surface area contributed by atoms with Gasteiger partial charge in [0.15, 0.2) is 0 Å². The molecule has 0 amide bonds. The average Bonchev–Trinajstić information content (AvgIpc) is 3.77. The molecular weight excluding hydrogens is 713 g/mol. The zero-order valence-corrected chi connectivity index (χ0v) is 32.3. The largest absolute Gasteiger partial charge is 0.310 e. The van der Waals surface area contributed by atoms with Crippen LogP contribution in [-0.4, -0.2) is 0 Å². The number of hydrogen-bond acceptors (Lipinski definition) is 2. The fourth-order valence-corrected chi connectivity index (χ4v) is 10.2. The quantitative estimate of drug-likeness (QED) is 0.167. The van der Waals surface area contributed by atoms with Crippen LogP contribution in [-0.2, 0) is 5.41 Å². The minimum atomic E-state index is -0.533. The van der Waals surface area contributed by atoms with Crippen LogP contribution in [0.2, 0.25) is 0 Å². The van der Waals surface area contributed by atoms with Crippen LogP contribution in [0.25, 0.3) is 43.8 Å². The molecule has 2 heteroatoms. The normalized spacial score (nSPS) is 14.5. The van der Waals surface area contributed by atoms with Crippen LogP contribution in [0.15, 0.2) is 231 Å². The zero-order valence-electron chi connectivity index (χ0n) is 32.3. The van der Waals surface area contributed by atoms with Crippen molar-refractivity contribution in [3.8, 4) is 22.3 Å². The fraction of sp³-hybridized carbons (Fsp3) is 0.0175. The third-order valence-electron chi connectivity index (χ3n) is 12.6. The molecule has 0 saturated carbocycles. The molecule has 0 N–H and O–H groups in total. The second-order valence-electron chi connectivity index (χ2n) is 15.6. The van der Waals surface area contributed by atoms with Gasteiger partial charge in [0.05, 0.1) is 11.1 Å². The van der Waals surface area contributed by atoms with Gasteiger partial charge in [0, 0.05) is 39.4 Å². The maximum Gasteiger partial charge on any atom is 0.0726 e. The summed E-state index contributed by atoms with van der Waals surface area (Å²) in [7, 11) is 0. The van der Waals surface area contributed by atoms with Gasteiger partial charge in [0.1, 0.15) is 0 Å². The van der Waals surface area contributed by atoms with Gasteiger partial charge in [-0.25, -0.2) is 0 Å². The van der Waals surface area contributed by atoms with Crippen molar-refractivity contribution in [2.75, 3.05) is 9.80 Å². The standard InChI is InChI=1S/C57H38N2/c1-4-21-42(22-5-1)58(45-33-32-39-18-10-11-19-40(39)36-45)46-34-35-53-50(38-46)48-28-14-16-30-51(48)57(53)52-31-17-15-29-49(52)55-54(57)37-41-20-12-13-27-47(41)56(55)59(43-23-6-2-7-24-43)44-25-8-3-9-26-44/h1-38H. The molecule has 2 nitrogen and oxygen atoms in total. The third kappa shape index (κ3) is 4.93. The number of hydrogen-bond donors (Lipinski definition) is 0. The van der Waals surface area contributed by atoms with E-state index >= 15 is 0 Å². The van der Waals surface area contributed by atoms with Gasteiger partial charge in [-0.05, 0) is 122 Å². The molecule has 0 bridgehead atoms. The van der Waals surface area contributed by atoms with Crippen LogP contribution >= 0.6 is 0 Å². The monoisotopic (exact) mass is 750 g/mol. The molecule has 0 heterocycles. The Morgan fingerprint density at radius 1 is 0.271 bits per heavy atom. The summed E-state index contributed by atoms with van der Waals surface area (Å²) in [6.07, 6.45) is 0. The maximum absolute atomic E-state index is 2.49. The minimum Gasteiger partial charge on any atom is -0.310 e. The highest BCUT2D eigenvalue weighted by atomic mass is 15.2. The molecule has 1 atom stereocenters. The lowest BCUT2D eigenvalue weighted by atomic mass is 9.70. The van der Waals surface area contributed by atoms with E-state index in [1.165, 1.54) is 71.7 Å². The lowest BCUT2D eigenvalue weighted by Crippen LogP contribution is -2.26. The van der Waals surface area contributed by atoms with Crippen molar-refractivity contribution in [2.45, 2.75) is 5.41 Å². The number of nitrogens with zero attached hydrogens (tertiary/aromatic N) is 2. The molecule has 10 aromatic rings. The van der Waals surface area contributed by atoms with Crippen LogP contribution in [0.1, 0.15) is 22.3 Å². The Labute approximate surface area is 344 Å². The highest BCUT2D eigenvalue weighted by Crippen LogP contribution is 2.66. The highest BCUT2D eigenvalue weighted by molar-refractivity contribution is 6.12. The summed E-state index contributed by atoms with van der Waals surface area (Å²) in [6, 6.07) is 84.8. The van der Waals surface area contributed by atoms with E-state index in [4.69, 9.17) is 0 Å². The molecule has 2 aliphatic rings. The zero-order chi connectivity index (χ0) is 38.9. The van der Waals surface area contributed by atoms with Crippen LogP contribution in [0.4, 0.5) is 34.1 Å². The van der Waals surface area contributed by atoms with Gasteiger partial charge < -0.3 is 9.80 Å². The summed E-state index contributed by atoms with van der Waals surface area (Å²) in [6.45, 7) is 0. The molecule has 0 aliphatic heterocycles. The first-order valence-corrected chi connectivity index (χ1v) is 20.4. The first-order chi connectivity index (χ1) is 29.3. The van der Waals surface area contributed by atoms with Crippen molar-refractivity contribution >= 4 is 55.7 Å². The number of anilines is 6. The number of benzene rings is 10. The number of fused-ring (bicyclic) bond motifs is 12. The Bertz CT molecular complexity index is 3190. The second-order valence-corrected chi connectivity index (χ2v) is 15.6. The Morgan fingerprint density at radius 3 is 1.46 bits per heavy atom. The van der Waals surface area contributed by atoms with Gasteiger partial charge in [0.25, 0.3) is 0 Å². The summed E-state index contributed by atoms with van der Waals surface area (Å²) >= 11 is 0. The fourth-order valence-electron chi connectivity index (χ4n) is 10.2. The lowest BCUT2D eigenvalue weighted by molar-refractivity contribution is 0.795. The second kappa shape index (κ2) is 13.2. The average molecular weight is 751 g/mol. The number of para-hydroxylation sites is 3. The number of rotatable bonds is 6. The summed E-state index contributed by atoms with van der Waals surface area (Å²) in [4.78, 5) is 4.88. The van der Waals surface area contributed by atoms with Crippen molar-refractivity contribution < 1.29 is 0 Å². The highest BCUT2D eigenvalue weighted by Gasteiger charge is 2.53. The van der Waals surface area contributed by atoms with Gasteiger partial charge in [-0.1, -0.05) is 164 Å². The van der Waals surface area contributed by atoms with Crippen molar-refractivity contribution in [3.05, 3.63) is 253 Å². The van der Waals surface area contributed by atoms with E-state index in [1.807, 2.05) is 0 Å². The molecule has 10 aromatic carbocycles. The van der Waals surface area contributed by atoms with Crippen molar-refractivity contribution in [1.29, 1.82) is 0 Å². The Hall–Kier alpha value is -7.68. The summed E-state index contributed by atoms with van der Waals surface area (Å²) < 4.78 is 0. The van der Waals surface area contributed by atoms with E-state index in [0.717, 1.165) is 28.4 Å². The molecular formula is C57H38N2. The summed E-state index contributed by atoms with van der Waals surface area (Å²) in [5, 5.41) is 4.90. The molecule has 276 valence electrons. The topological polar surface area (TPSA) is 6.48 Å². The van der Waals surface area contributed by atoms with Crippen LogP contribution < -0.4 is 9.80 Å². The van der Waals surface area contributed by atoms with Gasteiger partial charge in [-0.3, -0.25) is 0 Å². The van der Waals surface area contributed by atoms with E-state index in [0.29, 0.717) is 0 Å². The third-order valence-corrected chi connectivity index (χ3v) is 12.6. The summed E-state index contributed by atoms with van der Waals surface area (Å²) in [5.41, 5.74) is 16.7. The summed E-state index contributed by atoms with van der Waals surface area (Å²) in [5.74, 6) is 0. The molecule has 2 aliphatic carbocycles. The molecule has 12 rings (SSSR count). The van der Waals surface area contributed by atoms with Crippen molar-refractivity contribution in [3.63, 3.8) is 0 Å². The van der Waals surface area contributed by atoms with E-state index in [2.05, 4.69) is 240 Å². The van der Waals surface area contributed by atoms with Gasteiger partial charge >= 0.3 is 0 Å². The Morgan fingerprint density at radius 2 is 0.763 bits per heavy atom. The molecule has 1 unspecified atom stereocenters. The Kier molecular flexibility index (Phi) is 7.48. The first-order valence-electron chi connectivity index (χ1n) is 20.4. The maximum atomic E-state index is 2.49. The molecule has 0 radical (unpaired) electrons. The van der Waals surface area contributed by atoms with E-state index < -0.39 is 5.41 Å². The van der Waals surface area contributed by atoms with Crippen LogP contribution in [0.5, 0.6) is 0 Å². The molecule has 59 heavy (non-hydrogen) atoms. The molecule has 0 saturated heterocycles. The van der Waals surface area contributed by atoms with Crippen molar-refractivity contribution in [2.24, 2.45) is 0 Å². The first kappa shape index (κ1) is 33.5. The molecule has 0 aromatic heterocycles. The molecule has 1 spiro atoms. The van der Waals surface area contributed by atoms with Gasteiger partial charge in [-0.15, -0.1) is 0 Å². The van der Waals surface area contributed by atoms with E-state index in [9.17, 15) is 0 Å². The predicted octanol–water partition coefficient (Wildman–Crippen LogP) is 15.3. The SMILES string of the molecule is c1ccc(N(c2ccc3c(c2)-c2ccccc2C32c3ccccc3-c3c2cc2ccccc2c3N(c2ccccc2)c2ccccc2)c2ccc3ccccc3c2)cc1. The van der Waals surface area contributed by atoms with Crippen LogP contribution in [0.3, 0.4) is 0 Å². The van der Waals surface area contributed by atoms with E-state index in [1.54, 1.807) is 0 Å². The molecule has 0 fully saturated rings. The predicted molar refractivity (Wildman–Crippen MR) is 247 cm³/mol. The van der Waals surface area contributed by atoms with Gasteiger partial charge in [0.2, 0.25) is 0 Å². The van der Waals surface area contributed by atoms with Gasteiger partial charge in [-0.2, -0.15) is 0 Å². The van der Waals surface area contributed by atoms with E-state index in [-0.39, 0.29) is 0 Å².